The number of carboxylic acids is 1. The van der Waals surface area contributed by atoms with Crippen LogP contribution in [-0.2, 0) is 19.2 Å². The van der Waals surface area contributed by atoms with E-state index in [-0.39, 0.29) is 25.2 Å². The smallest absolute Gasteiger partial charge is 0.303 e. The summed E-state index contributed by atoms with van der Waals surface area (Å²) >= 11 is 0. The molecule has 0 spiro atoms. The van der Waals surface area contributed by atoms with Crippen molar-refractivity contribution in [2.45, 2.75) is 66.5 Å². The second-order valence-electron chi connectivity index (χ2n) is 4.42. The van der Waals surface area contributed by atoms with Crippen molar-refractivity contribution in [1.82, 2.24) is 16.0 Å². The summed E-state index contributed by atoms with van der Waals surface area (Å²) in [6.45, 7) is 10.9. The number of Topliss-reactive ketones (excluding diaryl/α,β-unsaturated/α-hetero) is 1. The van der Waals surface area contributed by atoms with Crippen LogP contribution in [-0.4, -0.2) is 54.3 Å². The number of hydrogen-bond acceptors (Lipinski definition) is 5. The first kappa shape index (κ1) is 26.9. The van der Waals surface area contributed by atoms with Crippen LogP contribution in [0.15, 0.2) is 0 Å². The van der Waals surface area contributed by atoms with Gasteiger partial charge in [-0.15, -0.1) is 0 Å². The fraction of sp³-hybridized carbons (Fsp3) is 0.750. The predicted molar refractivity (Wildman–Crippen MR) is 93.7 cm³/mol. The van der Waals surface area contributed by atoms with Crippen LogP contribution in [0.2, 0.25) is 0 Å². The molecule has 0 saturated heterocycles. The Labute approximate surface area is 144 Å². The van der Waals surface area contributed by atoms with Gasteiger partial charge in [-0.25, -0.2) is 0 Å². The van der Waals surface area contributed by atoms with Crippen LogP contribution in [0.3, 0.4) is 0 Å². The van der Waals surface area contributed by atoms with E-state index >= 15 is 0 Å². The number of carbonyl (C=O) groups excluding carboxylic acids is 3. The molecule has 0 aromatic carbocycles. The normalized spacial score (nSPS) is 11.5. The molecule has 8 nitrogen and oxygen atoms in total. The summed E-state index contributed by atoms with van der Waals surface area (Å²) in [6.07, 6.45) is -0.298. The number of ketones is 1. The van der Waals surface area contributed by atoms with E-state index in [1.54, 1.807) is 7.05 Å². The molecule has 24 heavy (non-hydrogen) atoms. The molecule has 4 N–H and O–H groups in total. The molecule has 0 aliphatic heterocycles. The molecule has 0 aliphatic rings. The minimum absolute atomic E-state index is 0.0130. The maximum atomic E-state index is 11.9. The van der Waals surface area contributed by atoms with Gasteiger partial charge in [-0.3, -0.25) is 19.2 Å². The van der Waals surface area contributed by atoms with Crippen LogP contribution in [0.4, 0.5) is 0 Å². The van der Waals surface area contributed by atoms with Crippen LogP contribution < -0.4 is 16.0 Å². The lowest BCUT2D eigenvalue weighted by atomic mass is 10.1. The van der Waals surface area contributed by atoms with Crippen molar-refractivity contribution in [2.75, 3.05) is 13.6 Å². The zero-order valence-corrected chi connectivity index (χ0v) is 15.9. The summed E-state index contributed by atoms with van der Waals surface area (Å²) in [4.78, 5) is 45.0. The van der Waals surface area contributed by atoms with Crippen LogP contribution in [0.1, 0.15) is 54.4 Å². The summed E-state index contributed by atoms with van der Waals surface area (Å²) in [6, 6.07) is -1.66. The standard InChI is InChI=1S/C12H21N3O5.2C2H6/c1-7(8(2)16)14-12(20)9(4-5-11(18)19)15-10(17)6-13-3;2*1-2/h7,9,13H,4-6H2,1-3H3,(H,14,20)(H,15,17)(H,18,19);2*1-2H3. The lowest BCUT2D eigenvalue weighted by Gasteiger charge is -2.19. The summed E-state index contributed by atoms with van der Waals surface area (Å²) in [5, 5.41) is 16.1. The minimum atomic E-state index is -1.06. The van der Waals surface area contributed by atoms with Gasteiger partial charge in [0.05, 0.1) is 12.6 Å². The quantitative estimate of drug-likeness (QED) is 0.487. The number of rotatable bonds is 9. The highest BCUT2D eigenvalue weighted by Crippen LogP contribution is 1.99. The van der Waals surface area contributed by atoms with Gasteiger partial charge in [-0.1, -0.05) is 27.7 Å². The molecule has 0 heterocycles. The Morgan fingerprint density at radius 1 is 1.00 bits per heavy atom. The number of hydrogen-bond donors (Lipinski definition) is 4. The third-order valence-corrected chi connectivity index (χ3v) is 2.60. The molecule has 0 radical (unpaired) electrons. The molecule has 0 aromatic rings. The Balaban J connectivity index is -0.00000102. The van der Waals surface area contributed by atoms with Crippen molar-refractivity contribution in [3.05, 3.63) is 0 Å². The lowest BCUT2D eigenvalue weighted by Crippen LogP contribution is -2.51. The van der Waals surface area contributed by atoms with Crippen molar-refractivity contribution in [2.24, 2.45) is 0 Å². The summed E-state index contributed by atoms with van der Waals surface area (Å²) in [5.74, 6) is -2.28. The summed E-state index contributed by atoms with van der Waals surface area (Å²) < 4.78 is 0. The molecular formula is C16H33N3O5. The first-order valence-corrected chi connectivity index (χ1v) is 8.24. The number of carboxylic acid groups (broad SMARTS) is 1. The Kier molecular flexibility index (Phi) is 19.5. The summed E-state index contributed by atoms with van der Waals surface area (Å²) in [7, 11) is 1.57. The third-order valence-electron chi connectivity index (χ3n) is 2.60. The second-order valence-corrected chi connectivity index (χ2v) is 4.42. The van der Waals surface area contributed by atoms with Gasteiger partial charge in [-0.05, 0) is 27.3 Å². The minimum Gasteiger partial charge on any atom is -0.481 e. The SMILES string of the molecule is CC.CC.CNCC(=O)NC(CCC(=O)O)C(=O)NC(C)C(C)=O. The molecule has 2 amide bonds. The van der Waals surface area contributed by atoms with Crippen molar-refractivity contribution in [3.63, 3.8) is 0 Å². The number of carbonyl (C=O) groups is 4. The Bertz CT molecular complexity index is 386. The third kappa shape index (κ3) is 15.0. The van der Waals surface area contributed by atoms with Crippen LogP contribution in [0, 0.1) is 0 Å². The van der Waals surface area contributed by atoms with Gasteiger partial charge < -0.3 is 21.1 Å². The van der Waals surface area contributed by atoms with Crippen molar-refractivity contribution in [3.8, 4) is 0 Å². The molecule has 0 aromatic heterocycles. The lowest BCUT2D eigenvalue weighted by molar-refractivity contribution is -0.138. The van der Waals surface area contributed by atoms with E-state index in [0.717, 1.165) is 0 Å². The van der Waals surface area contributed by atoms with Gasteiger partial charge in [0.25, 0.3) is 0 Å². The van der Waals surface area contributed by atoms with Gasteiger partial charge >= 0.3 is 5.97 Å². The van der Waals surface area contributed by atoms with Crippen molar-refractivity contribution >= 4 is 23.6 Å². The molecule has 0 fully saturated rings. The number of amides is 2. The fourth-order valence-corrected chi connectivity index (χ4v) is 1.36. The zero-order chi connectivity index (χ0) is 19.7. The fourth-order valence-electron chi connectivity index (χ4n) is 1.36. The Hall–Kier alpha value is -1.96. The van der Waals surface area contributed by atoms with Gasteiger partial charge in [0.2, 0.25) is 11.8 Å². The molecule has 0 saturated carbocycles. The average Bonchev–Trinajstić information content (AvgIpc) is 2.55. The Morgan fingerprint density at radius 2 is 1.50 bits per heavy atom. The van der Waals surface area contributed by atoms with E-state index in [0.29, 0.717) is 0 Å². The van der Waals surface area contributed by atoms with Gasteiger partial charge in [-0.2, -0.15) is 0 Å². The summed E-state index contributed by atoms with van der Waals surface area (Å²) in [5.41, 5.74) is 0. The molecule has 0 bridgehead atoms. The first-order chi connectivity index (χ1) is 11.3. The molecule has 8 heteroatoms. The highest BCUT2D eigenvalue weighted by Gasteiger charge is 2.23. The molecule has 0 rings (SSSR count). The van der Waals surface area contributed by atoms with Crippen molar-refractivity contribution < 1.29 is 24.3 Å². The molecule has 2 unspecified atom stereocenters. The Morgan fingerprint density at radius 3 is 1.88 bits per heavy atom. The van der Waals surface area contributed by atoms with Crippen LogP contribution in [0.25, 0.3) is 0 Å². The second kappa shape index (κ2) is 17.4. The van der Waals surface area contributed by atoms with E-state index in [4.69, 9.17) is 5.11 Å². The predicted octanol–water partition coefficient (Wildman–Crippen LogP) is 0.702. The highest BCUT2D eigenvalue weighted by molar-refractivity contribution is 5.92. The zero-order valence-electron chi connectivity index (χ0n) is 15.9. The van der Waals surface area contributed by atoms with Gasteiger partial charge in [0, 0.05) is 6.42 Å². The van der Waals surface area contributed by atoms with Crippen LogP contribution >= 0.6 is 0 Å². The number of likely N-dealkylation sites (N-methyl/N-ethyl adjacent to an activating group) is 1. The van der Waals surface area contributed by atoms with Crippen LogP contribution in [0.5, 0.6) is 0 Å². The van der Waals surface area contributed by atoms with Crippen molar-refractivity contribution in [1.29, 1.82) is 0 Å². The van der Waals surface area contributed by atoms with E-state index < -0.39 is 29.9 Å². The molecular weight excluding hydrogens is 314 g/mol. The maximum absolute atomic E-state index is 11.9. The molecule has 2 atom stereocenters. The first-order valence-electron chi connectivity index (χ1n) is 8.24. The average molecular weight is 347 g/mol. The van der Waals surface area contributed by atoms with Gasteiger partial charge in [0.1, 0.15) is 6.04 Å². The van der Waals surface area contributed by atoms with E-state index in [9.17, 15) is 19.2 Å². The maximum Gasteiger partial charge on any atom is 0.303 e. The van der Waals surface area contributed by atoms with E-state index in [2.05, 4.69) is 16.0 Å². The highest BCUT2D eigenvalue weighted by atomic mass is 16.4. The molecule has 0 aliphatic carbocycles. The number of aliphatic carboxylic acids is 1. The largest absolute Gasteiger partial charge is 0.481 e. The van der Waals surface area contributed by atoms with Gasteiger partial charge in [0.15, 0.2) is 5.78 Å². The van der Waals surface area contributed by atoms with E-state index in [1.807, 2.05) is 27.7 Å². The molecule has 142 valence electrons. The topological polar surface area (TPSA) is 125 Å². The monoisotopic (exact) mass is 347 g/mol. The number of nitrogens with one attached hydrogen (secondary N) is 3. The van der Waals surface area contributed by atoms with E-state index in [1.165, 1.54) is 13.8 Å².